The van der Waals surface area contributed by atoms with Crippen molar-refractivity contribution in [3.05, 3.63) is 70.5 Å². The van der Waals surface area contributed by atoms with Crippen LogP contribution in [0.5, 0.6) is 0 Å². The molecule has 0 radical (unpaired) electrons. The molecule has 4 nitrogen and oxygen atoms in total. The van der Waals surface area contributed by atoms with E-state index in [-0.39, 0.29) is 17.1 Å². The predicted molar refractivity (Wildman–Crippen MR) is 95.3 cm³/mol. The van der Waals surface area contributed by atoms with Crippen LogP contribution >= 0.6 is 0 Å². The number of carbonyl (C=O) groups excluding carboxylic acids is 1. The molecule has 0 fully saturated rings. The summed E-state index contributed by atoms with van der Waals surface area (Å²) in [5.41, 5.74) is -0.0727. The van der Waals surface area contributed by atoms with Gasteiger partial charge in [-0.15, -0.1) is 0 Å². The number of hydrogen-bond donors (Lipinski definition) is 2. The largest absolute Gasteiger partial charge is 0.453 e. The van der Waals surface area contributed by atoms with Gasteiger partial charge in [0.05, 0.1) is 5.56 Å². The van der Waals surface area contributed by atoms with Crippen molar-refractivity contribution in [3.8, 4) is 0 Å². The summed E-state index contributed by atoms with van der Waals surface area (Å²) in [5, 5.41) is 23.0. The van der Waals surface area contributed by atoms with Gasteiger partial charge in [0.15, 0.2) is 0 Å². The van der Waals surface area contributed by atoms with Crippen molar-refractivity contribution in [1.82, 2.24) is 0 Å². The molecule has 0 saturated carbocycles. The zero-order valence-corrected chi connectivity index (χ0v) is 14.9. The topological polar surface area (TPSA) is 71.1 Å². The van der Waals surface area contributed by atoms with E-state index in [1.54, 1.807) is 24.3 Å². The molecule has 2 aliphatic carbocycles. The highest BCUT2D eigenvalue weighted by Crippen LogP contribution is 2.59. The van der Waals surface area contributed by atoms with Crippen molar-refractivity contribution >= 4 is 5.78 Å². The lowest BCUT2D eigenvalue weighted by atomic mass is 9.77. The highest BCUT2D eigenvalue weighted by atomic mass is 16.7. The van der Waals surface area contributed by atoms with Crippen LogP contribution < -0.4 is 0 Å². The minimum Gasteiger partial charge on any atom is -0.453 e. The molecule has 130 valence electrons. The van der Waals surface area contributed by atoms with E-state index in [2.05, 4.69) is 20.8 Å². The molecule has 4 heteroatoms. The number of allylic oxidation sites excluding steroid dienone is 4. The average Bonchev–Trinajstić information content (AvgIpc) is 2.77. The Bertz CT molecular complexity index is 883. The fraction of sp³-hybridized carbons (Fsp3) is 0.381. The Morgan fingerprint density at radius 2 is 1.84 bits per heavy atom. The van der Waals surface area contributed by atoms with E-state index in [9.17, 15) is 15.0 Å². The van der Waals surface area contributed by atoms with Gasteiger partial charge in [0.1, 0.15) is 5.76 Å². The first kappa shape index (κ1) is 16.3. The SMILES string of the molecule is C[C@H]1C=CC=C(C(C)(C)C)C2=C1C1(O)C(=[OH+])c3ccccc3C1(O)O2. The molecule has 0 spiro atoms. The molecule has 1 aromatic carbocycles. The highest BCUT2D eigenvalue weighted by Gasteiger charge is 2.75. The molecule has 1 heterocycles. The van der Waals surface area contributed by atoms with Gasteiger partial charge >= 0.3 is 5.78 Å². The van der Waals surface area contributed by atoms with E-state index in [1.807, 2.05) is 25.2 Å². The van der Waals surface area contributed by atoms with Crippen molar-refractivity contribution in [2.75, 3.05) is 0 Å². The monoisotopic (exact) mass is 339 g/mol. The Labute approximate surface area is 147 Å². The van der Waals surface area contributed by atoms with Gasteiger partial charge in [-0.25, -0.2) is 0 Å². The lowest BCUT2D eigenvalue weighted by Crippen LogP contribution is -2.52. The molecule has 0 amide bonds. The quantitative estimate of drug-likeness (QED) is 0.714. The van der Waals surface area contributed by atoms with Gasteiger partial charge in [-0.3, -0.25) is 4.79 Å². The zero-order chi connectivity index (χ0) is 18.2. The Balaban J connectivity index is 2.01. The van der Waals surface area contributed by atoms with E-state index < -0.39 is 11.4 Å². The van der Waals surface area contributed by atoms with Crippen LogP contribution in [0.2, 0.25) is 0 Å². The van der Waals surface area contributed by atoms with E-state index in [1.165, 1.54) is 0 Å². The normalized spacial score (nSPS) is 33.4. The maximum atomic E-state index is 11.6. The second-order valence-corrected chi connectivity index (χ2v) is 8.10. The van der Waals surface area contributed by atoms with Crippen LogP contribution in [0, 0.1) is 11.3 Å². The number of ketones is 1. The van der Waals surface area contributed by atoms with Gasteiger partial charge in [0, 0.05) is 17.1 Å². The minimum atomic E-state index is -2.03. The van der Waals surface area contributed by atoms with Crippen molar-refractivity contribution in [2.24, 2.45) is 11.3 Å². The molecule has 25 heavy (non-hydrogen) atoms. The highest BCUT2D eigenvalue weighted by molar-refractivity contribution is 6.11. The van der Waals surface area contributed by atoms with Crippen molar-refractivity contribution < 1.29 is 19.7 Å². The van der Waals surface area contributed by atoms with Crippen molar-refractivity contribution in [2.45, 2.75) is 39.1 Å². The molecule has 3 N–H and O–H groups in total. The van der Waals surface area contributed by atoms with Crippen molar-refractivity contribution in [3.63, 3.8) is 0 Å². The Morgan fingerprint density at radius 3 is 2.52 bits per heavy atom. The van der Waals surface area contributed by atoms with E-state index >= 15 is 0 Å². The standard InChI is InChI=1S/C21H22O4/c1-12-8-7-11-15(19(2,3)4)17-16(12)20(23)18(22)13-9-5-6-10-14(13)21(20,24)25-17/h5-12,23-24H,1-4H3/p+1/t12-,20?,21?/m0/s1. The van der Waals surface area contributed by atoms with Gasteiger partial charge in [-0.05, 0) is 17.1 Å². The smallest absolute Gasteiger partial charge is 0.367 e. The fourth-order valence-electron chi connectivity index (χ4n) is 4.16. The van der Waals surface area contributed by atoms with E-state index in [0.29, 0.717) is 22.5 Å². The molecule has 3 atom stereocenters. The van der Waals surface area contributed by atoms with Crippen LogP contribution in [0.25, 0.3) is 0 Å². The second-order valence-electron chi connectivity index (χ2n) is 8.10. The van der Waals surface area contributed by atoms with E-state index in [4.69, 9.17) is 4.74 Å². The van der Waals surface area contributed by atoms with Crippen molar-refractivity contribution in [1.29, 1.82) is 0 Å². The van der Waals surface area contributed by atoms with Crippen LogP contribution in [0.1, 0.15) is 38.8 Å². The van der Waals surface area contributed by atoms with Gasteiger partial charge in [0.25, 0.3) is 11.4 Å². The zero-order valence-electron chi connectivity index (χ0n) is 14.9. The summed E-state index contributed by atoms with van der Waals surface area (Å²) in [4.78, 5) is 10.9. The molecule has 1 aromatic rings. The molecule has 4 rings (SSSR count). The maximum absolute atomic E-state index is 11.6. The first-order chi connectivity index (χ1) is 11.6. The Hall–Kier alpha value is -2.17. The first-order valence-corrected chi connectivity index (χ1v) is 8.56. The molecular weight excluding hydrogens is 316 g/mol. The van der Waals surface area contributed by atoms with Crippen LogP contribution in [-0.2, 0) is 10.5 Å². The third-order valence-electron chi connectivity index (χ3n) is 5.44. The maximum Gasteiger partial charge on any atom is 0.367 e. The van der Waals surface area contributed by atoms with Crippen LogP contribution in [0.3, 0.4) is 0 Å². The Morgan fingerprint density at radius 1 is 1.16 bits per heavy atom. The first-order valence-electron chi connectivity index (χ1n) is 8.56. The minimum absolute atomic E-state index is 0.207. The summed E-state index contributed by atoms with van der Waals surface area (Å²) in [6, 6.07) is 6.87. The van der Waals surface area contributed by atoms with Gasteiger partial charge < -0.3 is 14.9 Å². The fourth-order valence-corrected chi connectivity index (χ4v) is 4.16. The number of hydrogen-bond acceptors (Lipinski definition) is 3. The molecule has 0 aromatic heterocycles. The van der Waals surface area contributed by atoms with Crippen LogP contribution in [0.4, 0.5) is 0 Å². The molecular formula is C21H23O4+. The number of fused-ring (bicyclic) bond motifs is 4. The van der Waals surface area contributed by atoms with Crippen LogP contribution in [0.15, 0.2) is 59.4 Å². The lowest BCUT2D eigenvalue weighted by molar-refractivity contribution is -0.232. The summed E-state index contributed by atoms with van der Waals surface area (Å²) in [7, 11) is 0. The molecule has 3 aliphatic rings. The third kappa shape index (κ3) is 1.81. The van der Waals surface area contributed by atoms with Gasteiger partial charge in [-0.1, -0.05) is 64.1 Å². The number of rotatable bonds is 0. The van der Waals surface area contributed by atoms with E-state index in [0.717, 1.165) is 5.57 Å². The predicted octanol–water partition coefficient (Wildman–Crippen LogP) is 2.93. The van der Waals surface area contributed by atoms with Gasteiger partial charge in [0.2, 0.25) is 0 Å². The summed E-state index contributed by atoms with van der Waals surface area (Å²) < 4.78 is 6.06. The summed E-state index contributed by atoms with van der Waals surface area (Å²) in [6.45, 7) is 8.08. The van der Waals surface area contributed by atoms with Gasteiger partial charge in [-0.2, -0.15) is 0 Å². The average molecular weight is 339 g/mol. The number of ether oxygens (including phenoxy) is 1. The lowest BCUT2D eigenvalue weighted by Gasteiger charge is -2.30. The van der Waals surface area contributed by atoms with Crippen LogP contribution in [-0.4, -0.2) is 26.4 Å². The summed E-state index contributed by atoms with van der Waals surface area (Å²) >= 11 is 0. The second kappa shape index (κ2) is 4.71. The Kier molecular flexibility index (Phi) is 3.07. The third-order valence-corrected chi connectivity index (χ3v) is 5.44. The summed E-state index contributed by atoms with van der Waals surface area (Å²) in [6.07, 6.45) is 5.83. The molecule has 0 saturated heterocycles. The number of benzene rings is 1. The molecule has 1 aliphatic heterocycles. The molecule has 0 bridgehead atoms. The summed E-state index contributed by atoms with van der Waals surface area (Å²) in [5.74, 6) is -2.02. The molecule has 2 unspecified atom stereocenters. The number of aliphatic hydroxyl groups is 2.